The van der Waals surface area contributed by atoms with Gasteiger partial charge in [0.1, 0.15) is 11.6 Å². The zero-order valence-electron chi connectivity index (χ0n) is 8.52. The second-order valence-corrected chi connectivity index (χ2v) is 7.23. The zero-order valence-corrected chi connectivity index (χ0v) is 13.0. The van der Waals surface area contributed by atoms with Crippen molar-refractivity contribution in [3.05, 3.63) is 0 Å². The Balaban J connectivity index is 0. The Bertz CT molecular complexity index is 132. The average Bonchev–Trinajstić information content (AvgIpc) is 1.87. The fraction of sp³-hybridized carbons (Fsp3) is 0.778. The van der Waals surface area contributed by atoms with Crippen molar-refractivity contribution in [1.29, 1.82) is 0 Å². The molecule has 0 aliphatic rings. The molecular formula is C9H18O2Tl. The minimum absolute atomic E-state index is 0.000000000000000111. The molecule has 0 aromatic rings. The van der Waals surface area contributed by atoms with Crippen LogP contribution < -0.4 is 0 Å². The van der Waals surface area contributed by atoms with Crippen molar-refractivity contribution in [3.8, 4) is 0 Å². The van der Waals surface area contributed by atoms with Crippen molar-refractivity contribution >= 4 is 35.8 Å². The van der Waals surface area contributed by atoms with E-state index in [1.165, 1.54) is 6.92 Å². The Hall–Kier alpha value is 0.262. The molecule has 0 amide bonds. The first-order chi connectivity index (χ1) is 5.58. The Kier molecular flexibility index (Phi) is 13.9. The summed E-state index contributed by atoms with van der Waals surface area (Å²) in [4.78, 5) is 20.9. The molecule has 0 spiro atoms. The fourth-order valence-corrected chi connectivity index (χ4v) is 0.645. The first kappa shape index (κ1) is 14.8. The van der Waals surface area contributed by atoms with Crippen molar-refractivity contribution in [2.24, 2.45) is 0 Å². The van der Waals surface area contributed by atoms with Crippen LogP contribution in [0.1, 0.15) is 33.1 Å². The van der Waals surface area contributed by atoms with Crippen LogP contribution in [0, 0.1) is 0 Å². The van der Waals surface area contributed by atoms with Gasteiger partial charge in [0.15, 0.2) is 0 Å². The van der Waals surface area contributed by atoms with Crippen molar-refractivity contribution in [3.63, 3.8) is 0 Å². The molecule has 0 atom stereocenters. The molecule has 0 aliphatic heterocycles. The number of rotatable bonds is 4. The van der Waals surface area contributed by atoms with Gasteiger partial charge in [0.05, 0.1) is 6.42 Å². The molecule has 0 heterocycles. The van der Waals surface area contributed by atoms with Crippen molar-refractivity contribution in [1.82, 2.24) is 0 Å². The van der Waals surface area contributed by atoms with Crippen molar-refractivity contribution in [2.75, 3.05) is 0 Å². The van der Waals surface area contributed by atoms with Crippen LogP contribution in [0.3, 0.4) is 0 Å². The zero-order chi connectivity index (χ0) is 9.98. The Morgan fingerprint density at radius 1 is 1.25 bits per heavy atom. The van der Waals surface area contributed by atoms with E-state index in [1.54, 1.807) is 0 Å². The molecule has 0 unspecified atom stereocenters. The first-order valence-corrected chi connectivity index (χ1v) is 13.3. The quantitative estimate of drug-likeness (QED) is 0.567. The van der Waals surface area contributed by atoms with Crippen LogP contribution in [0.5, 0.6) is 0 Å². The van der Waals surface area contributed by atoms with Gasteiger partial charge in [-0.25, -0.2) is 0 Å². The number of carbonyl (C=O) groups excluding carboxylic acids is 2. The summed E-state index contributed by atoms with van der Waals surface area (Å²) in [5.74, 6) is 0.0263. The van der Waals surface area contributed by atoms with Gasteiger partial charge < -0.3 is 0 Å². The van der Waals surface area contributed by atoms with Crippen molar-refractivity contribution in [2.45, 2.75) is 42.1 Å². The second kappa shape index (κ2) is 11.3. The normalized spacial score (nSPS) is 7.67. The Morgan fingerprint density at radius 2 is 1.67 bits per heavy atom. The van der Waals surface area contributed by atoms with Gasteiger partial charge in [-0.2, -0.15) is 0 Å². The molecule has 0 N–H and O–H groups in total. The van der Waals surface area contributed by atoms with Gasteiger partial charge in [-0.15, -0.1) is 0 Å². The number of Topliss-reactive ketones (excluding diaryl/α,β-unsaturated/α-hetero) is 2. The monoisotopic (exact) mass is 363 g/mol. The average molecular weight is 363 g/mol. The summed E-state index contributed by atoms with van der Waals surface area (Å²) in [6.07, 6.45) is 1.50. The van der Waals surface area contributed by atoms with E-state index in [9.17, 15) is 9.59 Å². The summed E-state index contributed by atoms with van der Waals surface area (Å²) in [5, 5.41) is 0. The first-order valence-electron chi connectivity index (χ1n) is 4.33. The van der Waals surface area contributed by atoms with Gasteiger partial charge >= 0.3 is 33.2 Å². The minimum atomic E-state index is -0.0338. The molecule has 3 heteroatoms. The van der Waals surface area contributed by atoms with Gasteiger partial charge in [0.2, 0.25) is 0 Å². The van der Waals surface area contributed by atoms with Gasteiger partial charge in [-0.05, 0) is 13.3 Å². The third kappa shape index (κ3) is 16.7. The molecule has 12 heavy (non-hydrogen) atoms. The van der Waals surface area contributed by atoms with Crippen LogP contribution in [-0.2, 0) is 9.59 Å². The van der Waals surface area contributed by atoms with Crippen LogP contribution in [-0.4, -0.2) is 35.8 Å². The Labute approximate surface area is 87.3 Å². The summed E-state index contributed by atoms with van der Waals surface area (Å²) in [6, 6.07) is 0. The molecule has 0 bridgehead atoms. The van der Waals surface area contributed by atoms with E-state index in [0.29, 0.717) is 6.42 Å². The Morgan fingerprint density at radius 3 is 1.92 bits per heavy atom. The maximum atomic E-state index is 10.6. The molecule has 0 saturated heterocycles. The van der Waals surface area contributed by atoms with Crippen LogP contribution in [0.4, 0.5) is 0 Å². The van der Waals surface area contributed by atoms with Crippen LogP contribution >= 0.6 is 0 Å². The molecule has 0 saturated carbocycles. The number of hydrogen-bond acceptors (Lipinski definition) is 2. The summed E-state index contributed by atoms with van der Waals surface area (Å²) in [7, 11) is 0. The van der Waals surface area contributed by atoms with E-state index in [2.05, 4.69) is 8.97 Å². The van der Waals surface area contributed by atoms with Crippen LogP contribution in [0.15, 0.2) is 0 Å². The molecule has 69 valence electrons. The standard InChI is InChI=1S/C7H12O2.2CH3.Tl/c1-3-4-7(9)5-6(2)8;;;/h3-5H2,1-2H3;2*1H3;. The molecule has 2 nitrogen and oxygen atoms in total. The summed E-state index contributed by atoms with van der Waals surface area (Å²) in [6.45, 7) is 3.37. The van der Waals surface area contributed by atoms with E-state index in [4.69, 9.17) is 0 Å². The van der Waals surface area contributed by atoms with Gasteiger partial charge in [0, 0.05) is 6.42 Å². The molecule has 0 aromatic heterocycles. The summed E-state index contributed by atoms with van der Waals surface area (Å²) < 4.78 is 4.67. The van der Waals surface area contributed by atoms with Crippen LogP contribution in [0.2, 0.25) is 8.97 Å². The molecular weight excluding hydrogens is 344 g/mol. The van der Waals surface area contributed by atoms with E-state index in [0.717, 1.165) is 6.42 Å². The van der Waals surface area contributed by atoms with Gasteiger partial charge in [-0.1, -0.05) is 6.92 Å². The SMILES string of the molecule is CCCC(=O)CC(C)=O.[CH3][Tl][CH3]. The fourth-order valence-electron chi connectivity index (χ4n) is 0.645. The number of ketones is 2. The second-order valence-electron chi connectivity index (χ2n) is 2.74. The number of hydrogen-bond donors (Lipinski definition) is 0. The molecule has 0 rings (SSSR count). The third-order valence-electron chi connectivity index (χ3n) is 0.975. The van der Waals surface area contributed by atoms with E-state index in [-0.39, 0.29) is 42.2 Å². The molecule has 0 fully saturated rings. The molecule has 0 radical (unpaired) electrons. The van der Waals surface area contributed by atoms with Gasteiger partial charge in [-0.3, -0.25) is 9.59 Å². The van der Waals surface area contributed by atoms with Gasteiger partial charge in [0.25, 0.3) is 0 Å². The number of carbonyl (C=O) groups is 2. The van der Waals surface area contributed by atoms with E-state index >= 15 is 0 Å². The molecule has 0 aromatic carbocycles. The summed E-state index contributed by atoms with van der Waals surface area (Å²) >= 11 is -0.000000000000000111. The predicted molar refractivity (Wildman–Crippen MR) is 52.7 cm³/mol. The maximum absolute atomic E-state index is 10.6. The van der Waals surface area contributed by atoms with E-state index < -0.39 is 0 Å². The third-order valence-corrected chi connectivity index (χ3v) is 0.975. The van der Waals surface area contributed by atoms with E-state index in [1.807, 2.05) is 6.92 Å². The van der Waals surface area contributed by atoms with Crippen LogP contribution in [0.25, 0.3) is 0 Å². The topological polar surface area (TPSA) is 34.1 Å². The van der Waals surface area contributed by atoms with Crippen molar-refractivity contribution < 1.29 is 9.59 Å². The molecule has 0 aliphatic carbocycles. The predicted octanol–water partition coefficient (Wildman–Crippen LogP) is 2.12. The summed E-state index contributed by atoms with van der Waals surface area (Å²) in [5.41, 5.74) is 0.